The minimum atomic E-state index is -0.0590. The molecule has 0 N–H and O–H groups in total. The number of hydrogen-bond donors (Lipinski definition) is 0. The molecule has 0 aliphatic rings. The van der Waals surface area contributed by atoms with E-state index < -0.39 is 0 Å². The predicted molar refractivity (Wildman–Crippen MR) is 49.6 cm³/mol. The van der Waals surface area contributed by atoms with Gasteiger partial charge in [0.05, 0.1) is 9.83 Å². The molecule has 1 rings (SSSR count). The molecule has 3 nitrogen and oxygen atoms in total. The fraction of sp³-hybridized carbons (Fsp3) is 0.333. The summed E-state index contributed by atoms with van der Waals surface area (Å²) in [5.41, 5.74) is 8.16. The van der Waals surface area contributed by atoms with Gasteiger partial charge in [0.2, 0.25) is 0 Å². The molecule has 0 aliphatic heterocycles. The third kappa shape index (κ3) is 2.22. The van der Waals surface area contributed by atoms with E-state index in [1.807, 2.05) is 19.1 Å². The van der Waals surface area contributed by atoms with Gasteiger partial charge >= 0.3 is 0 Å². The monoisotopic (exact) mass is 231 g/mol. The number of azide groups is 1. The Hall–Kier alpha value is -0.510. The van der Waals surface area contributed by atoms with Crippen LogP contribution in [-0.2, 0) is 0 Å². The summed E-state index contributed by atoms with van der Waals surface area (Å²) in [5, 5.41) is 3.58. The van der Waals surface area contributed by atoms with Gasteiger partial charge in [0.1, 0.15) is 0 Å². The molecule has 0 radical (unpaired) electrons. The zero-order valence-corrected chi connectivity index (χ0v) is 8.26. The summed E-state index contributed by atoms with van der Waals surface area (Å²) in [4.78, 5) is 3.82. The summed E-state index contributed by atoms with van der Waals surface area (Å²) >= 11 is 4.92. The van der Waals surface area contributed by atoms with Crippen LogP contribution in [0.25, 0.3) is 10.4 Å². The molecule has 11 heavy (non-hydrogen) atoms. The van der Waals surface area contributed by atoms with Crippen molar-refractivity contribution in [1.29, 1.82) is 0 Å². The van der Waals surface area contributed by atoms with Gasteiger partial charge in [-0.3, -0.25) is 0 Å². The number of rotatable bonds is 2. The first-order chi connectivity index (χ1) is 5.24. The van der Waals surface area contributed by atoms with Crippen molar-refractivity contribution in [1.82, 2.24) is 0 Å². The van der Waals surface area contributed by atoms with E-state index in [4.69, 9.17) is 5.53 Å². The number of thiophene rings is 1. The Balaban J connectivity index is 2.84. The van der Waals surface area contributed by atoms with Crippen molar-refractivity contribution in [3.05, 3.63) is 31.2 Å². The summed E-state index contributed by atoms with van der Waals surface area (Å²) in [6.07, 6.45) is 0. The number of nitrogens with zero attached hydrogens (tertiary/aromatic N) is 3. The minimum absolute atomic E-state index is 0.0590. The highest BCUT2D eigenvalue weighted by Gasteiger charge is 2.04. The lowest BCUT2D eigenvalue weighted by atomic mass is 10.3. The van der Waals surface area contributed by atoms with E-state index in [0.717, 1.165) is 8.66 Å². The normalized spacial score (nSPS) is 12.2. The lowest BCUT2D eigenvalue weighted by Gasteiger charge is -1.96. The van der Waals surface area contributed by atoms with Gasteiger partial charge in [-0.2, -0.15) is 0 Å². The van der Waals surface area contributed by atoms with E-state index in [2.05, 4.69) is 26.0 Å². The van der Waals surface area contributed by atoms with Crippen molar-refractivity contribution in [2.75, 3.05) is 0 Å². The molecule has 0 spiro atoms. The van der Waals surface area contributed by atoms with Crippen LogP contribution >= 0.6 is 27.3 Å². The zero-order valence-electron chi connectivity index (χ0n) is 5.86. The van der Waals surface area contributed by atoms with Crippen molar-refractivity contribution in [2.24, 2.45) is 5.11 Å². The Morgan fingerprint density at radius 2 is 2.45 bits per heavy atom. The van der Waals surface area contributed by atoms with Crippen LogP contribution < -0.4 is 0 Å². The summed E-state index contributed by atoms with van der Waals surface area (Å²) in [7, 11) is 0. The second-order valence-electron chi connectivity index (χ2n) is 2.02. The van der Waals surface area contributed by atoms with Gasteiger partial charge in [-0.1, -0.05) is 12.0 Å². The topological polar surface area (TPSA) is 48.8 Å². The van der Waals surface area contributed by atoms with Crippen LogP contribution in [0.5, 0.6) is 0 Å². The first-order valence-corrected chi connectivity index (χ1v) is 4.64. The average Bonchev–Trinajstić information content (AvgIpc) is 2.36. The maximum atomic E-state index is 8.16. The third-order valence-electron chi connectivity index (χ3n) is 1.23. The summed E-state index contributed by atoms with van der Waals surface area (Å²) in [6, 6.07) is 3.84. The molecular formula is C6H6BrN3S. The molecule has 0 fully saturated rings. The van der Waals surface area contributed by atoms with Crippen molar-refractivity contribution in [2.45, 2.75) is 13.0 Å². The highest BCUT2D eigenvalue weighted by Crippen LogP contribution is 2.28. The van der Waals surface area contributed by atoms with E-state index in [1.54, 1.807) is 11.3 Å². The number of hydrogen-bond acceptors (Lipinski definition) is 2. The molecule has 1 aromatic rings. The summed E-state index contributed by atoms with van der Waals surface area (Å²) < 4.78 is 1.06. The largest absolute Gasteiger partial charge is 0.133 e. The van der Waals surface area contributed by atoms with E-state index in [-0.39, 0.29) is 6.04 Å². The minimum Gasteiger partial charge on any atom is -0.133 e. The van der Waals surface area contributed by atoms with Gasteiger partial charge in [-0.15, -0.1) is 11.3 Å². The van der Waals surface area contributed by atoms with Crippen molar-refractivity contribution >= 4 is 27.3 Å². The molecule has 1 atom stereocenters. The zero-order chi connectivity index (χ0) is 8.27. The van der Waals surface area contributed by atoms with E-state index in [0.29, 0.717) is 0 Å². The van der Waals surface area contributed by atoms with Crippen LogP contribution in [0, 0.1) is 0 Å². The van der Waals surface area contributed by atoms with Crippen LogP contribution in [0.2, 0.25) is 0 Å². The first kappa shape index (κ1) is 8.59. The predicted octanol–water partition coefficient (Wildman–Crippen LogP) is 3.88. The Morgan fingerprint density at radius 3 is 2.91 bits per heavy atom. The quantitative estimate of drug-likeness (QED) is 0.422. The molecule has 0 saturated heterocycles. The van der Waals surface area contributed by atoms with Crippen molar-refractivity contribution in [3.63, 3.8) is 0 Å². The fourth-order valence-corrected chi connectivity index (χ4v) is 2.10. The Morgan fingerprint density at radius 1 is 1.73 bits per heavy atom. The molecule has 0 aromatic carbocycles. The molecule has 5 heteroatoms. The van der Waals surface area contributed by atoms with Crippen molar-refractivity contribution < 1.29 is 0 Å². The van der Waals surface area contributed by atoms with Gasteiger partial charge < -0.3 is 0 Å². The Labute approximate surface area is 76.8 Å². The van der Waals surface area contributed by atoms with E-state index >= 15 is 0 Å². The molecule has 0 amide bonds. The smallest absolute Gasteiger partial charge is 0.0701 e. The lowest BCUT2D eigenvalue weighted by Crippen LogP contribution is -1.79. The van der Waals surface area contributed by atoms with Crippen LogP contribution in [0.4, 0.5) is 0 Å². The average molecular weight is 232 g/mol. The molecule has 0 aliphatic carbocycles. The maximum Gasteiger partial charge on any atom is 0.0701 e. The Bertz CT molecular complexity index is 290. The summed E-state index contributed by atoms with van der Waals surface area (Å²) in [6.45, 7) is 1.87. The molecule has 0 saturated carbocycles. The molecule has 58 valence electrons. The third-order valence-corrected chi connectivity index (χ3v) is 3.02. The van der Waals surface area contributed by atoms with Crippen LogP contribution in [0.15, 0.2) is 21.0 Å². The van der Waals surface area contributed by atoms with Crippen LogP contribution in [0.1, 0.15) is 17.8 Å². The summed E-state index contributed by atoms with van der Waals surface area (Å²) in [5.74, 6) is 0. The molecule has 1 aromatic heterocycles. The van der Waals surface area contributed by atoms with Gasteiger partial charge in [-0.25, -0.2) is 0 Å². The Kier molecular flexibility index (Phi) is 2.93. The second-order valence-corrected chi connectivity index (χ2v) is 4.52. The highest BCUT2D eigenvalue weighted by molar-refractivity contribution is 9.11. The second kappa shape index (κ2) is 3.76. The van der Waals surface area contributed by atoms with E-state index in [9.17, 15) is 0 Å². The standard InChI is InChI=1S/C6H6BrN3S/c1-4(9-10-8)5-2-3-6(7)11-5/h2-4H,1H3. The van der Waals surface area contributed by atoms with Crippen LogP contribution in [-0.4, -0.2) is 0 Å². The van der Waals surface area contributed by atoms with Gasteiger partial charge in [0, 0.05) is 9.79 Å². The van der Waals surface area contributed by atoms with Gasteiger partial charge in [-0.05, 0) is 33.6 Å². The van der Waals surface area contributed by atoms with Crippen molar-refractivity contribution in [3.8, 4) is 0 Å². The fourth-order valence-electron chi connectivity index (χ4n) is 0.687. The maximum absolute atomic E-state index is 8.16. The molecule has 1 heterocycles. The van der Waals surface area contributed by atoms with Gasteiger partial charge in [0.15, 0.2) is 0 Å². The van der Waals surface area contributed by atoms with E-state index in [1.165, 1.54) is 0 Å². The van der Waals surface area contributed by atoms with Gasteiger partial charge in [0.25, 0.3) is 0 Å². The SMILES string of the molecule is CC(N=[N+]=[N-])c1ccc(Br)s1. The molecule has 0 bridgehead atoms. The number of halogens is 1. The highest BCUT2D eigenvalue weighted by atomic mass is 79.9. The molecule has 1 unspecified atom stereocenters. The lowest BCUT2D eigenvalue weighted by molar-refractivity contribution is 0.827. The first-order valence-electron chi connectivity index (χ1n) is 3.03. The molecular weight excluding hydrogens is 226 g/mol. The van der Waals surface area contributed by atoms with Crippen LogP contribution in [0.3, 0.4) is 0 Å².